The van der Waals surface area contributed by atoms with Gasteiger partial charge in [-0.25, -0.2) is 9.78 Å². The third-order valence-corrected chi connectivity index (χ3v) is 4.95. The minimum atomic E-state index is -0.554. The van der Waals surface area contributed by atoms with Gasteiger partial charge in [0.15, 0.2) is 6.61 Å². The number of esters is 1. The number of benzene rings is 3. The second-order valence-electron chi connectivity index (χ2n) is 7.28. The lowest BCUT2D eigenvalue weighted by Gasteiger charge is -2.11. The number of ether oxygens (including phenoxy) is 1. The summed E-state index contributed by atoms with van der Waals surface area (Å²) in [6.07, 6.45) is 0. The average molecular weight is 410 g/mol. The number of aromatic nitrogens is 1. The number of rotatable bonds is 6. The first kappa shape index (κ1) is 20.3. The van der Waals surface area contributed by atoms with Crippen molar-refractivity contribution in [1.82, 2.24) is 10.3 Å². The molecule has 0 spiro atoms. The molecule has 4 rings (SSSR count). The molecule has 1 N–H and O–H groups in total. The Morgan fingerprint density at radius 1 is 0.903 bits per heavy atom. The fourth-order valence-corrected chi connectivity index (χ4v) is 3.27. The van der Waals surface area contributed by atoms with Crippen LogP contribution in [0.4, 0.5) is 0 Å². The van der Waals surface area contributed by atoms with Crippen molar-refractivity contribution in [3.8, 4) is 11.3 Å². The molecule has 0 fully saturated rings. The highest BCUT2D eigenvalue weighted by molar-refractivity contribution is 6.05. The second kappa shape index (κ2) is 9.22. The van der Waals surface area contributed by atoms with Crippen LogP contribution in [-0.2, 0) is 16.1 Å². The Labute approximate surface area is 180 Å². The van der Waals surface area contributed by atoms with E-state index in [4.69, 9.17) is 4.74 Å². The number of fused-ring (bicyclic) bond motifs is 1. The Balaban J connectivity index is 1.51. The summed E-state index contributed by atoms with van der Waals surface area (Å²) < 4.78 is 5.32. The lowest BCUT2D eigenvalue weighted by molar-refractivity contribution is -0.124. The van der Waals surface area contributed by atoms with Crippen molar-refractivity contribution >= 4 is 22.8 Å². The Kier molecular flexibility index (Phi) is 6.03. The van der Waals surface area contributed by atoms with Crippen LogP contribution in [0.3, 0.4) is 0 Å². The molecule has 0 bridgehead atoms. The molecule has 4 aromatic rings. The molecule has 0 atom stereocenters. The van der Waals surface area contributed by atoms with Crippen LogP contribution >= 0.6 is 0 Å². The molecule has 0 saturated heterocycles. The molecule has 0 aliphatic carbocycles. The van der Waals surface area contributed by atoms with E-state index in [2.05, 4.69) is 10.3 Å². The van der Waals surface area contributed by atoms with Crippen molar-refractivity contribution in [2.24, 2.45) is 0 Å². The standard InChI is InChI=1S/C26H22N2O3/c1-18-11-13-20(14-12-18)24-15-22(21-9-5-6-10-23(21)28-24)26(30)31-17-25(29)27-16-19-7-3-2-4-8-19/h2-15H,16-17H2,1H3,(H,27,29). The summed E-state index contributed by atoms with van der Waals surface area (Å²) in [5.74, 6) is -0.906. The summed E-state index contributed by atoms with van der Waals surface area (Å²) >= 11 is 0. The van der Waals surface area contributed by atoms with Gasteiger partial charge in [0.25, 0.3) is 5.91 Å². The summed E-state index contributed by atoms with van der Waals surface area (Å²) in [5, 5.41) is 3.44. The van der Waals surface area contributed by atoms with Crippen molar-refractivity contribution in [3.63, 3.8) is 0 Å². The van der Waals surface area contributed by atoms with Gasteiger partial charge in [0.1, 0.15) is 0 Å². The lowest BCUT2D eigenvalue weighted by atomic mass is 10.0. The van der Waals surface area contributed by atoms with E-state index < -0.39 is 5.97 Å². The number of nitrogens with one attached hydrogen (secondary N) is 1. The lowest BCUT2D eigenvalue weighted by Crippen LogP contribution is -2.28. The number of hydrogen-bond acceptors (Lipinski definition) is 4. The van der Waals surface area contributed by atoms with E-state index in [1.165, 1.54) is 0 Å². The molecule has 5 nitrogen and oxygen atoms in total. The fraction of sp³-hybridized carbons (Fsp3) is 0.115. The van der Waals surface area contributed by atoms with Crippen LogP contribution in [-0.4, -0.2) is 23.5 Å². The van der Waals surface area contributed by atoms with Crippen molar-refractivity contribution in [1.29, 1.82) is 0 Å². The number of aryl methyl sites for hydroxylation is 1. The molecular formula is C26H22N2O3. The van der Waals surface area contributed by atoms with Crippen LogP contribution in [0.2, 0.25) is 0 Å². The Hall–Kier alpha value is -3.99. The monoisotopic (exact) mass is 410 g/mol. The highest BCUT2D eigenvalue weighted by Crippen LogP contribution is 2.25. The van der Waals surface area contributed by atoms with Crippen molar-refractivity contribution in [2.75, 3.05) is 6.61 Å². The van der Waals surface area contributed by atoms with E-state index in [0.29, 0.717) is 28.7 Å². The quantitative estimate of drug-likeness (QED) is 0.469. The minimum Gasteiger partial charge on any atom is -0.452 e. The van der Waals surface area contributed by atoms with Crippen LogP contribution in [0.1, 0.15) is 21.5 Å². The summed E-state index contributed by atoms with van der Waals surface area (Å²) in [5.41, 5.74) is 4.79. The normalized spacial score (nSPS) is 10.6. The van der Waals surface area contributed by atoms with Gasteiger partial charge in [-0.2, -0.15) is 0 Å². The Bertz CT molecular complexity index is 1220. The van der Waals surface area contributed by atoms with E-state index in [0.717, 1.165) is 16.7 Å². The first-order valence-electron chi connectivity index (χ1n) is 10.0. The van der Waals surface area contributed by atoms with Gasteiger partial charge in [0.05, 0.1) is 16.8 Å². The van der Waals surface area contributed by atoms with E-state index in [-0.39, 0.29) is 12.5 Å². The third kappa shape index (κ3) is 4.95. The molecule has 0 aliphatic rings. The number of amides is 1. The fourth-order valence-electron chi connectivity index (χ4n) is 3.27. The Morgan fingerprint density at radius 2 is 1.61 bits per heavy atom. The number of hydrogen-bond donors (Lipinski definition) is 1. The third-order valence-electron chi connectivity index (χ3n) is 4.95. The summed E-state index contributed by atoms with van der Waals surface area (Å²) in [6, 6.07) is 26.6. The predicted octanol–water partition coefficient (Wildman–Crippen LogP) is 4.68. The van der Waals surface area contributed by atoms with E-state index in [9.17, 15) is 9.59 Å². The zero-order chi connectivity index (χ0) is 21.6. The summed E-state index contributed by atoms with van der Waals surface area (Å²) in [7, 11) is 0. The molecule has 0 aliphatic heterocycles. The summed E-state index contributed by atoms with van der Waals surface area (Å²) in [6.45, 7) is 2.05. The van der Waals surface area contributed by atoms with Gasteiger partial charge in [-0.15, -0.1) is 0 Å². The number of para-hydroxylation sites is 1. The second-order valence-corrected chi connectivity index (χ2v) is 7.28. The van der Waals surface area contributed by atoms with Crippen molar-refractivity contribution in [2.45, 2.75) is 13.5 Å². The molecule has 31 heavy (non-hydrogen) atoms. The molecule has 5 heteroatoms. The maximum Gasteiger partial charge on any atom is 0.339 e. The topological polar surface area (TPSA) is 68.3 Å². The number of pyridine rings is 1. The maximum atomic E-state index is 12.8. The highest BCUT2D eigenvalue weighted by Gasteiger charge is 2.16. The zero-order valence-corrected chi connectivity index (χ0v) is 17.2. The van der Waals surface area contributed by atoms with Crippen molar-refractivity contribution in [3.05, 3.63) is 102 Å². The maximum absolute atomic E-state index is 12.8. The average Bonchev–Trinajstić information content (AvgIpc) is 2.81. The van der Waals surface area contributed by atoms with Gasteiger partial charge >= 0.3 is 5.97 Å². The number of nitrogens with zero attached hydrogens (tertiary/aromatic N) is 1. The van der Waals surface area contributed by atoms with Crippen LogP contribution in [0.15, 0.2) is 84.9 Å². The van der Waals surface area contributed by atoms with Gasteiger partial charge in [0, 0.05) is 17.5 Å². The molecule has 3 aromatic carbocycles. The van der Waals surface area contributed by atoms with Gasteiger partial charge in [-0.05, 0) is 24.6 Å². The largest absolute Gasteiger partial charge is 0.452 e. The van der Waals surface area contributed by atoms with Crippen LogP contribution in [0.5, 0.6) is 0 Å². The summed E-state index contributed by atoms with van der Waals surface area (Å²) in [4.78, 5) is 29.7. The SMILES string of the molecule is Cc1ccc(-c2cc(C(=O)OCC(=O)NCc3ccccc3)c3ccccc3n2)cc1. The molecule has 0 radical (unpaired) electrons. The van der Waals surface area contributed by atoms with Crippen molar-refractivity contribution < 1.29 is 14.3 Å². The molecule has 1 aromatic heterocycles. The van der Waals surface area contributed by atoms with Crippen LogP contribution in [0, 0.1) is 6.92 Å². The van der Waals surface area contributed by atoms with E-state index in [1.807, 2.05) is 85.8 Å². The van der Waals surface area contributed by atoms with Gasteiger partial charge < -0.3 is 10.1 Å². The van der Waals surface area contributed by atoms with Gasteiger partial charge in [-0.1, -0.05) is 78.4 Å². The predicted molar refractivity (Wildman–Crippen MR) is 120 cm³/mol. The highest BCUT2D eigenvalue weighted by atomic mass is 16.5. The first-order chi connectivity index (χ1) is 15.1. The molecule has 0 saturated carbocycles. The molecule has 154 valence electrons. The van der Waals surface area contributed by atoms with Gasteiger partial charge in [-0.3, -0.25) is 4.79 Å². The smallest absolute Gasteiger partial charge is 0.339 e. The molecule has 1 amide bonds. The Morgan fingerprint density at radius 3 is 2.39 bits per heavy atom. The number of carbonyl (C=O) groups is 2. The van der Waals surface area contributed by atoms with E-state index >= 15 is 0 Å². The first-order valence-corrected chi connectivity index (χ1v) is 10.0. The van der Waals surface area contributed by atoms with Crippen LogP contribution in [0.25, 0.3) is 22.2 Å². The zero-order valence-electron chi connectivity index (χ0n) is 17.2. The van der Waals surface area contributed by atoms with Gasteiger partial charge in [0.2, 0.25) is 0 Å². The van der Waals surface area contributed by atoms with Crippen LogP contribution < -0.4 is 5.32 Å². The minimum absolute atomic E-state index is 0.345. The van der Waals surface area contributed by atoms with E-state index in [1.54, 1.807) is 6.07 Å². The number of carbonyl (C=O) groups excluding carboxylic acids is 2. The molecule has 0 unspecified atom stereocenters. The molecule has 1 heterocycles. The molecular weight excluding hydrogens is 388 g/mol.